The Morgan fingerprint density at radius 1 is 0.930 bits per heavy atom. The van der Waals surface area contributed by atoms with Gasteiger partial charge in [-0.3, -0.25) is 19.4 Å². The van der Waals surface area contributed by atoms with E-state index in [4.69, 9.17) is 10.5 Å². The minimum absolute atomic E-state index is 0.00723. The molecule has 11 nitrogen and oxygen atoms in total. The first kappa shape index (κ1) is 30.0. The van der Waals surface area contributed by atoms with Crippen LogP contribution in [0.5, 0.6) is 0 Å². The maximum Gasteiger partial charge on any atom is 0.410 e. The van der Waals surface area contributed by atoms with E-state index in [1.165, 1.54) is 9.80 Å². The SMILES string of the molecule is NC(CCC(=O)N1CCCC1)C(=O)N1CCN(C(=O)OCc2ccccc2)CC1C(=O)NCc1ccc2cnccc2c1. The van der Waals surface area contributed by atoms with Crippen molar-refractivity contribution in [2.45, 2.75) is 50.9 Å². The van der Waals surface area contributed by atoms with E-state index in [-0.39, 0.29) is 51.5 Å². The standard InChI is InChI=1S/C32H38N6O5/c33-27(10-11-29(39)36-14-4-5-15-36)31(41)38-17-16-37(32(42)43-22-23-6-2-1-3-7-23)21-28(38)30(40)35-19-24-8-9-26-20-34-13-12-25(26)18-24/h1-3,6-9,12-13,18,20,27-28H,4-5,10-11,14-17,19,21-22,33H2,(H,35,40). The number of carbonyl (C=O) groups is 4. The summed E-state index contributed by atoms with van der Waals surface area (Å²) in [5, 5.41) is 4.92. The minimum Gasteiger partial charge on any atom is -0.445 e. The van der Waals surface area contributed by atoms with Crippen LogP contribution in [-0.2, 0) is 32.3 Å². The van der Waals surface area contributed by atoms with Crippen LogP contribution in [0.25, 0.3) is 10.8 Å². The fourth-order valence-electron chi connectivity index (χ4n) is 5.54. The van der Waals surface area contributed by atoms with Gasteiger partial charge in [0, 0.05) is 56.9 Å². The molecule has 1 aromatic heterocycles. The Bertz CT molecular complexity index is 1440. The van der Waals surface area contributed by atoms with Crippen LogP contribution in [0, 0.1) is 0 Å². The molecule has 5 rings (SSSR count). The Morgan fingerprint density at radius 2 is 1.72 bits per heavy atom. The molecule has 226 valence electrons. The quantitative estimate of drug-likeness (QED) is 0.393. The van der Waals surface area contributed by atoms with Gasteiger partial charge in [0.2, 0.25) is 17.7 Å². The third-order valence-electron chi connectivity index (χ3n) is 8.05. The number of nitrogens with zero attached hydrogens (tertiary/aromatic N) is 4. The molecular formula is C32H38N6O5. The van der Waals surface area contributed by atoms with Crippen LogP contribution >= 0.6 is 0 Å². The lowest BCUT2D eigenvalue weighted by molar-refractivity contribution is -0.145. The molecule has 4 amide bonds. The zero-order chi connectivity index (χ0) is 30.2. The highest BCUT2D eigenvalue weighted by atomic mass is 16.6. The Balaban J connectivity index is 1.24. The van der Waals surface area contributed by atoms with Crippen LogP contribution in [-0.4, -0.2) is 88.3 Å². The second kappa shape index (κ2) is 14.1. The summed E-state index contributed by atoms with van der Waals surface area (Å²) < 4.78 is 5.50. The molecule has 2 aliphatic rings. The molecule has 2 unspecified atom stereocenters. The molecule has 2 atom stereocenters. The molecule has 2 aromatic carbocycles. The van der Waals surface area contributed by atoms with E-state index in [2.05, 4.69) is 10.3 Å². The van der Waals surface area contributed by atoms with E-state index in [9.17, 15) is 19.2 Å². The molecule has 3 N–H and O–H groups in total. The van der Waals surface area contributed by atoms with Crippen LogP contribution < -0.4 is 11.1 Å². The van der Waals surface area contributed by atoms with Gasteiger partial charge in [0.15, 0.2) is 0 Å². The maximum atomic E-state index is 13.6. The van der Waals surface area contributed by atoms with E-state index in [1.54, 1.807) is 17.3 Å². The number of fused-ring (bicyclic) bond motifs is 1. The van der Waals surface area contributed by atoms with Crippen molar-refractivity contribution in [2.24, 2.45) is 5.73 Å². The number of carbonyl (C=O) groups excluding carboxylic acids is 4. The van der Waals surface area contributed by atoms with Crippen molar-refractivity contribution in [3.63, 3.8) is 0 Å². The number of likely N-dealkylation sites (tertiary alicyclic amines) is 1. The van der Waals surface area contributed by atoms with Crippen LogP contribution in [0.2, 0.25) is 0 Å². The van der Waals surface area contributed by atoms with Crippen molar-refractivity contribution >= 4 is 34.6 Å². The zero-order valence-electron chi connectivity index (χ0n) is 24.2. The number of ether oxygens (including phenoxy) is 1. The van der Waals surface area contributed by atoms with E-state index in [0.29, 0.717) is 0 Å². The summed E-state index contributed by atoms with van der Waals surface area (Å²) in [5.41, 5.74) is 8.01. The number of piperazine rings is 1. The highest BCUT2D eigenvalue weighted by Crippen LogP contribution is 2.18. The number of aromatic nitrogens is 1. The predicted molar refractivity (Wildman–Crippen MR) is 160 cm³/mol. The molecule has 3 heterocycles. The molecule has 0 spiro atoms. The smallest absolute Gasteiger partial charge is 0.410 e. The van der Waals surface area contributed by atoms with E-state index in [1.807, 2.05) is 54.6 Å². The van der Waals surface area contributed by atoms with Crippen LogP contribution in [0.3, 0.4) is 0 Å². The summed E-state index contributed by atoms with van der Waals surface area (Å²) in [6.45, 7) is 2.10. The highest BCUT2D eigenvalue weighted by Gasteiger charge is 2.39. The first-order chi connectivity index (χ1) is 20.9. The number of benzene rings is 2. The summed E-state index contributed by atoms with van der Waals surface area (Å²) in [5.74, 6) is -0.818. The van der Waals surface area contributed by atoms with Gasteiger partial charge in [0.25, 0.3) is 0 Å². The molecule has 0 bridgehead atoms. The van der Waals surface area contributed by atoms with E-state index < -0.39 is 30.0 Å². The zero-order valence-corrected chi connectivity index (χ0v) is 24.2. The lowest BCUT2D eigenvalue weighted by Gasteiger charge is -2.41. The van der Waals surface area contributed by atoms with Crippen molar-refractivity contribution in [1.82, 2.24) is 25.0 Å². The number of nitrogens with two attached hydrogens (primary N) is 1. The summed E-state index contributed by atoms with van der Waals surface area (Å²) >= 11 is 0. The second-order valence-electron chi connectivity index (χ2n) is 11.0. The van der Waals surface area contributed by atoms with Crippen molar-refractivity contribution in [3.05, 3.63) is 78.1 Å². The first-order valence-electron chi connectivity index (χ1n) is 14.8. The lowest BCUT2D eigenvalue weighted by Crippen LogP contribution is -2.63. The summed E-state index contributed by atoms with van der Waals surface area (Å²) in [4.78, 5) is 61.4. The van der Waals surface area contributed by atoms with E-state index in [0.717, 1.165) is 47.8 Å². The molecule has 3 aromatic rings. The minimum atomic E-state index is -0.962. The van der Waals surface area contributed by atoms with Gasteiger partial charge in [-0.15, -0.1) is 0 Å². The normalized spacial score (nSPS) is 17.5. The van der Waals surface area contributed by atoms with Crippen molar-refractivity contribution in [3.8, 4) is 0 Å². The maximum absolute atomic E-state index is 13.6. The van der Waals surface area contributed by atoms with Crippen LogP contribution in [0.15, 0.2) is 67.0 Å². The molecule has 2 aliphatic heterocycles. The average Bonchev–Trinajstić information content (AvgIpc) is 3.60. The Labute approximate surface area is 251 Å². The molecule has 43 heavy (non-hydrogen) atoms. The number of pyridine rings is 1. The number of hydrogen-bond donors (Lipinski definition) is 2. The van der Waals surface area contributed by atoms with Gasteiger partial charge >= 0.3 is 6.09 Å². The lowest BCUT2D eigenvalue weighted by atomic mass is 10.1. The van der Waals surface area contributed by atoms with Gasteiger partial charge in [-0.1, -0.05) is 42.5 Å². The van der Waals surface area contributed by atoms with Gasteiger partial charge in [-0.2, -0.15) is 0 Å². The fraction of sp³-hybridized carbons (Fsp3) is 0.406. The van der Waals surface area contributed by atoms with Crippen LogP contribution in [0.1, 0.15) is 36.8 Å². The van der Waals surface area contributed by atoms with E-state index >= 15 is 0 Å². The molecule has 2 fully saturated rings. The topological polar surface area (TPSA) is 138 Å². The number of nitrogens with one attached hydrogen (secondary N) is 1. The summed E-state index contributed by atoms with van der Waals surface area (Å²) in [7, 11) is 0. The molecular weight excluding hydrogens is 548 g/mol. The van der Waals surface area contributed by atoms with Gasteiger partial charge in [-0.25, -0.2) is 4.79 Å². The molecule has 0 radical (unpaired) electrons. The average molecular weight is 587 g/mol. The summed E-state index contributed by atoms with van der Waals surface area (Å²) in [6.07, 6.45) is 5.27. The van der Waals surface area contributed by atoms with Crippen molar-refractivity contribution in [1.29, 1.82) is 0 Å². The Kier molecular flexibility index (Phi) is 9.83. The van der Waals surface area contributed by atoms with Crippen LogP contribution in [0.4, 0.5) is 4.79 Å². The highest BCUT2D eigenvalue weighted by molar-refractivity contribution is 5.91. The van der Waals surface area contributed by atoms with Gasteiger partial charge in [0.05, 0.1) is 12.6 Å². The molecule has 0 saturated carbocycles. The monoisotopic (exact) mass is 586 g/mol. The number of rotatable bonds is 9. The Hall–Kier alpha value is -4.51. The van der Waals surface area contributed by atoms with Crippen molar-refractivity contribution < 1.29 is 23.9 Å². The van der Waals surface area contributed by atoms with Crippen molar-refractivity contribution in [2.75, 3.05) is 32.7 Å². The predicted octanol–water partition coefficient (Wildman–Crippen LogP) is 2.43. The largest absolute Gasteiger partial charge is 0.445 e. The fourth-order valence-corrected chi connectivity index (χ4v) is 5.54. The van der Waals surface area contributed by atoms with Gasteiger partial charge in [-0.05, 0) is 47.9 Å². The molecule has 0 aliphatic carbocycles. The molecule has 11 heteroatoms. The molecule has 2 saturated heterocycles. The number of amides is 4. The third-order valence-corrected chi connectivity index (χ3v) is 8.05. The first-order valence-corrected chi connectivity index (χ1v) is 14.8. The Morgan fingerprint density at radius 3 is 2.51 bits per heavy atom. The number of hydrogen-bond acceptors (Lipinski definition) is 7. The van der Waals surface area contributed by atoms with Gasteiger partial charge in [0.1, 0.15) is 12.6 Å². The second-order valence-corrected chi connectivity index (χ2v) is 11.0. The van der Waals surface area contributed by atoms with Gasteiger partial charge < -0.3 is 30.5 Å². The summed E-state index contributed by atoms with van der Waals surface area (Å²) in [6, 6.07) is 15.2. The third kappa shape index (κ3) is 7.66.